The Morgan fingerprint density at radius 1 is 1.42 bits per heavy atom. The van der Waals surface area contributed by atoms with E-state index in [-0.39, 0.29) is 6.42 Å². The average Bonchev–Trinajstić information content (AvgIpc) is 2.76. The first-order chi connectivity index (χ1) is 8.97. The molecule has 6 heteroatoms. The summed E-state index contributed by atoms with van der Waals surface area (Å²) < 4.78 is 26.2. The van der Waals surface area contributed by atoms with Gasteiger partial charge in [-0.1, -0.05) is 6.07 Å². The lowest BCUT2D eigenvalue weighted by Crippen LogP contribution is -2.09. The lowest BCUT2D eigenvalue weighted by Gasteiger charge is -2.13. The molecule has 19 heavy (non-hydrogen) atoms. The highest BCUT2D eigenvalue weighted by molar-refractivity contribution is 5.68. The van der Waals surface area contributed by atoms with Crippen molar-refractivity contribution in [3.05, 3.63) is 53.1 Å². The minimum absolute atomic E-state index is 0.229. The number of hydrogen-bond acceptors (Lipinski definition) is 2. The molecule has 1 heterocycles. The van der Waals surface area contributed by atoms with E-state index in [4.69, 9.17) is 5.11 Å². The minimum Gasteiger partial charge on any atom is -0.481 e. The molecule has 0 spiro atoms. The maximum atomic E-state index is 13.2. The van der Waals surface area contributed by atoms with E-state index in [0.29, 0.717) is 17.1 Å². The van der Waals surface area contributed by atoms with E-state index in [1.165, 1.54) is 12.3 Å². The molecule has 0 saturated heterocycles. The number of aryl methyl sites for hydroxylation is 1. The molecule has 0 aliphatic heterocycles. The summed E-state index contributed by atoms with van der Waals surface area (Å²) in [6.45, 7) is 1.73. The molecule has 1 aromatic carbocycles. The van der Waals surface area contributed by atoms with Gasteiger partial charge in [-0.15, -0.1) is 0 Å². The second-order valence-electron chi connectivity index (χ2n) is 4.25. The standard InChI is InChI=1S/C13H12F2N2O2/c1-7-16-6-12(17-7)9(5-13(18)19)8-2-3-10(14)11(15)4-8/h2-4,6,9H,5H2,1H3,(H,16,17)(H,18,19). The first-order valence-electron chi connectivity index (χ1n) is 5.65. The molecule has 0 aliphatic rings. The second kappa shape index (κ2) is 5.17. The van der Waals surface area contributed by atoms with E-state index in [9.17, 15) is 13.6 Å². The molecule has 0 saturated carbocycles. The summed E-state index contributed by atoms with van der Waals surface area (Å²) in [5.74, 6) is -2.94. The highest BCUT2D eigenvalue weighted by atomic mass is 19.2. The van der Waals surface area contributed by atoms with Crippen LogP contribution in [0.5, 0.6) is 0 Å². The van der Waals surface area contributed by atoms with Crippen molar-refractivity contribution in [2.24, 2.45) is 0 Å². The lowest BCUT2D eigenvalue weighted by molar-refractivity contribution is -0.137. The summed E-state index contributed by atoms with van der Waals surface area (Å²) in [6.07, 6.45) is 1.27. The Morgan fingerprint density at radius 2 is 2.16 bits per heavy atom. The number of nitrogens with zero attached hydrogens (tertiary/aromatic N) is 1. The molecule has 0 fully saturated rings. The van der Waals surface area contributed by atoms with Crippen molar-refractivity contribution in [3.8, 4) is 0 Å². The van der Waals surface area contributed by atoms with E-state index in [1.807, 2.05) is 0 Å². The van der Waals surface area contributed by atoms with Crippen molar-refractivity contribution in [2.45, 2.75) is 19.3 Å². The predicted octanol–water partition coefficient (Wildman–Crippen LogP) is 2.60. The number of carboxylic acids is 1. The van der Waals surface area contributed by atoms with Gasteiger partial charge in [0.1, 0.15) is 5.82 Å². The highest BCUT2D eigenvalue weighted by Gasteiger charge is 2.21. The van der Waals surface area contributed by atoms with E-state index in [1.54, 1.807) is 6.92 Å². The normalized spacial score (nSPS) is 12.4. The Kier molecular flexibility index (Phi) is 3.59. The van der Waals surface area contributed by atoms with Crippen molar-refractivity contribution < 1.29 is 18.7 Å². The predicted molar refractivity (Wildman–Crippen MR) is 63.8 cm³/mol. The highest BCUT2D eigenvalue weighted by Crippen LogP contribution is 2.27. The number of hydrogen-bond donors (Lipinski definition) is 2. The van der Waals surface area contributed by atoms with Crippen LogP contribution >= 0.6 is 0 Å². The number of carboxylic acid groups (broad SMARTS) is 1. The van der Waals surface area contributed by atoms with Gasteiger partial charge in [0.15, 0.2) is 11.6 Å². The molecule has 1 aromatic heterocycles. The van der Waals surface area contributed by atoms with Crippen molar-refractivity contribution in [1.82, 2.24) is 9.97 Å². The molecule has 2 aromatic rings. The van der Waals surface area contributed by atoms with Crippen LogP contribution in [0, 0.1) is 18.6 Å². The van der Waals surface area contributed by atoms with Crippen LogP contribution in [0.25, 0.3) is 0 Å². The van der Waals surface area contributed by atoms with E-state index < -0.39 is 23.5 Å². The Labute approximate surface area is 108 Å². The zero-order valence-corrected chi connectivity index (χ0v) is 10.2. The van der Waals surface area contributed by atoms with Crippen molar-refractivity contribution in [3.63, 3.8) is 0 Å². The quantitative estimate of drug-likeness (QED) is 0.893. The number of halogens is 2. The summed E-state index contributed by atoms with van der Waals surface area (Å²) in [6, 6.07) is 3.38. The molecule has 4 nitrogen and oxygen atoms in total. The van der Waals surface area contributed by atoms with Crippen LogP contribution in [0.1, 0.15) is 29.4 Å². The third-order valence-corrected chi connectivity index (χ3v) is 2.82. The van der Waals surface area contributed by atoms with Crippen LogP contribution in [0.3, 0.4) is 0 Å². The lowest BCUT2D eigenvalue weighted by atomic mass is 9.93. The van der Waals surface area contributed by atoms with Gasteiger partial charge in [-0.3, -0.25) is 4.79 Å². The maximum absolute atomic E-state index is 13.2. The Balaban J connectivity index is 2.42. The summed E-state index contributed by atoms with van der Waals surface area (Å²) in [7, 11) is 0. The van der Waals surface area contributed by atoms with Crippen molar-refractivity contribution in [2.75, 3.05) is 0 Å². The van der Waals surface area contributed by atoms with Crippen LogP contribution in [0.4, 0.5) is 8.78 Å². The topological polar surface area (TPSA) is 66.0 Å². The fourth-order valence-electron chi connectivity index (χ4n) is 1.93. The van der Waals surface area contributed by atoms with Crippen LogP contribution in [-0.2, 0) is 4.79 Å². The van der Waals surface area contributed by atoms with Crippen LogP contribution in [0.15, 0.2) is 24.4 Å². The number of aromatic nitrogens is 2. The average molecular weight is 266 g/mol. The zero-order chi connectivity index (χ0) is 14.0. The molecule has 0 amide bonds. The zero-order valence-electron chi connectivity index (χ0n) is 10.2. The molecule has 2 rings (SSSR count). The SMILES string of the molecule is Cc1ncc(C(CC(=O)O)c2ccc(F)c(F)c2)[nH]1. The number of rotatable bonds is 4. The largest absolute Gasteiger partial charge is 0.481 e. The Morgan fingerprint density at radius 3 is 2.68 bits per heavy atom. The van der Waals surface area contributed by atoms with Gasteiger partial charge in [0, 0.05) is 17.8 Å². The fourth-order valence-corrected chi connectivity index (χ4v) is 1.93. The second-order valence-corrected chi connectivity index (χ2v) is 4.25. The number of benzene rings is 1. The van der Waals surface area contributed by atoms with Crippen molar-refractivity contribution in [1.29, 1.82) is 0 Å². The van der Waals surface area contributed by atoms with E-state index in [0.717, 1.165) is 12.1 Å². The van der Waals surface area contributed by atoms with E-state index >= 15 is 0 Å². The van der Waals surface area contributed by atoms with Gasteiger partial charge in [-0.25, -0.2) is 13.8 Å². The molecule has 1 unspecified atom stereocenters. The number of aliphatic carboxylic acids is 1. The van der Waals surface area contributed by atoms with Gasteiger partial charge in [-0.05, 0) is 24.6 Å². The summed E-state index contributed by atoms with van der Waals surface area (Å²) in [5.41, 5.74) is 0.954. The molecule has 1 atom stereocenters. The molecular formula is C13H12F2N2O2. The summed E-state index contributed by atoms with van der Waals surface area (Å²) in [5, 5.41) is 8.94. The van der Waals surface area contributed by atoms with Gasteiger partial charge in [0.2, 0.25) is 0 Å². The van der Waals surface area contributed by atoms with Gasteiger partial charge >= 0.3 is 5.97 Å². The molecule has 0 aliphatic carbocycles. The monoisotopic (exact) mass is 266 g/mol. The van der Waals surface area contributed by atoms with Gasteiger partial charge < -0.3 is 10.1 Å². The summed E-state index contributed by atoms with van der Waals surface area (Å²) in [4.78, 5) is 17.8. The number of aromatic amines is 1. The Hall–Kier alpha value is -2.24. The number of carbonyl (C=O) groups is 1. The minimum atomic E-state index is -1.03. The first kappa shape index (κ1) is 13.2. The number of H-pyrrole nitrogens is 1. The first-order valence-corrected chi connectivity index (χ1v) is 5.65. The van der Waals surface area contributed by atoms with Crippen molar-refractivity contribution >= 4 is 5.97 Å². The summed E-state index contributed by atoms with van der Waals surface area (Å²) >= 11 is 0. The molecule has 2 N–H and O–H groups in total. The molecule has 100 valence electrons. The fraction of sp³-hybridized carbons (Fsp3) is 0.231. The van der Waals surface area contributed by atoms with Gasteiger partial charge in [0.05, 0.1) is 6.42 Å². The van der Waals surface area contributed by atoms with Crippen LogP contribution < -0.4 is 0 Å². The maximum Gasteiger partial charge on any atom is 0.304 e. The van der Waals surface area contributed by atoms with Gasteiger partial charge in [-0.2, -0.15) is 0 Å². The third kappa shape index (κ3) is 2.96. The number of imidazole rings is 1. The Bertz CT molecular complexity index is 610. The smallest absolute Gasteiger partial charge is 0.304 e. The van der Waals surface area contributed by atoms with Crippen LogP contribution in [0.2, 0.25) is 0 Å². The molecule has 0 radical (unpaired) electrons. The molecule has 0 bridgehead atoms. The van der Waals surface area contributed by atoms with E-state index in [2.05, 4.69) is 9.97 Å². The molecular weight excluding hydrogens is 254 g/mol. The van der Waals surface area contributed by atoms with Crippen LogP contribution in [-0.4, -0.2) is 21.0 Å². The number of nitrogens with one attached hydrogen (secondary N) is 1. The third-order valence-electron chi connectivity index (χ3n) is 2.82. The van der Waals surface area contributed by atoms with Gasteiger partial charge in [0.25, 0.3) is 0 Å².